The molecule has 0 aliphatic heterocycles. The first-order valence-corrected chi connectivity index (χ1v) is 7.39. The summed E-state index contributed by atoms with van der Waals surface area (Å²) in [5.74, 6) is 1.44. The maximum atomic E-state index is 11.7. The number of methoxy groups -OCH3 is 1. The highest BCUT2D eigenvalue weighted by molar-refractivity contribution is 9.10. The van der Waals surface area contributed by atoms with Crippen molar-refractivity contribution in [1.29, 1.82) is 0 Å². The number of hydrogen-bond acceptors (Lipinski definition) is 2. The summed E-state index contributed by atoms with van der Waals surface area (Å²) < 4.78 is 6.20. The van der Waals surface area contributed by atoms with E-state index >= 15 is 0 Å². The Bertz CT molecular complexity index is 516. The van der Waals surface area contributed by atoms with Crippen molar-refractivity contribution in [3.63, 3.8) is 0 Å². The van der Waals surface area contributed by atoms with Crippen molar-refractivity contribution >= 4 is 21.9 Å². The van der Waals surface area contributed by atoms with E-state index in [1.54, 1.807) is 7.11 Å². The highest BCUT2D eigenvalue weighted by Gasteiger charge is 2.57. The van der Waals surface area contributed by atoms with Gasteiger partial charge in [0, 0.05) is 4.47 Å². The first kappa shape index (κ1) is 13.0. The molecule has 0 aromatic heterocycles. The molecule has 2 unspecified atom stereocenters. The van der Waals surface area contributed by atoms with Gasteiger partial charge in [0.15, 0.2) is 0 Å². The SMILES string of the molecule is COc1ccc(Br)c(CC2(C(=O)O)CC3CC3C2)c1. The molecule has 0 amide bonds. The molecule has 0 spiro atoms. The van der Waals surface area contributed by atoms with Crippen LogP contribution in [0.15, 0.2) is 22.7 Å². The molecule has 19 heavy (non-hydrogen) atoms. The molecule has 1 aromatic rings. The summed E-state index contributed by atoms with van der Waals surface area (Å²) in [6, 6.07) is 5.76. The predicted octanol–water partition coefficient (Wildman–Crippen LogP) is 3.50. The number of carboxylic acids is 1. The second-order valence-electron chi connectivity index (χ2n) is 5.88. The number of ether oxygens (including phenoxy) is 1. The van der Waals surface area contributed by atoms with Gasteiger partial charge in [0.25, 0.3) is 0 Å². The summed E-state index contributed by atoms with van der Waals surface area (Å²) in [5, 5.41) is 9.63. The van der Waals surface area contributed by atoms with Crippen LogP contribution in [0.2, 0.25) is 0 Å². The highest BCUT2D eigenvalue weighted by Crippen LogP contribution is 2.61. The maximum absolute atomic E-state index is 11.7. The predicted molar refractivity (Wildman–Crippen MR) is 75.3 cm³/mol. The molecule has 2 fully saturated rings. The number of halogens is 1. The molecule has 4 heteroatoms. The summed E-state index contributed by atoms with van der Waals surface area (Å²) in [7, 11) is 1.63. The minimum Gasteiger partial charge on any atom is -0.497 e. The van der Waals surface area contributed by atoms with Crippen LogP contribution in [0.4, 0.5) is 0 Å². The Morgan fingerprint density at radius 1 is 1.47 bits per heavy atom. The van der Waals surface area contributed by atoms with Crippen LogP contribution in [0, 0.1) is 17.3 Å². The monoisotopic (exact) mass is 324 g/mol. The molecule has 2 atom stereocenters. The van der Waals surface area contributed by atoms with Crippen molar-refractivity contribution in [2.45, 2.75) is 25.7 Å². The summed E-state index contributed by atoms with van der Waals surface area (Å²) in [6.45, 7) is 0. The van der Waals surface area contributed by atoms with Crippen molar-refractivity contribution in [2.24, 2.45) is 17.3 Å². The largest absolute Gasteiger partial charge is 0.497 e. The van der Waals surface area contributed by atoms with Crippen molar-refractivity contribution in [2.75, 3.05) is 7.11 Å². The zero-order valence-electron chi connectivity index (χ0n) is 10.9. The van der Waals surface area contributed by atoms with Crippen molar-refractivity contribution in [3.05, 3.63) is 28.2 Å². The molecule has 3 rings (SSSR count). The molecular weight excluding hydrogens is 308 g/mol. The number of hydrogen-bond donors (Lipinski definition) is 1. The Balaban J connectivity index is 1.88. The van der Waals surface area contributed by atoms with E-state index in [1.165, 1.54) is 6.42 Å². The topological polar surface area (TPSA) is 46.5 Å². The molecule has 0 heterocycles. The fraction of sp³-hybridized carbons (Fsp3) is 0.533. The summed E-state index contributed by atoms with van der Waals surface area (Å²) in [4.78, 5) is 11.7. The van der Waals surface area contributed by atoms with Crippen LogP contribution in [0.1, 0.15) is 24.8 Å². The van der Waals surface area contributed by atoms with E-state index in [0.29, 0.717) is 18.3 Å². The second kappa shape index (κ2) is 4.51. The molecule has 1 N–H and O–H groups in total. The molecule has 2 aliphatic rings. The van der Waals surface area contributed by atoms with Gasteiger partial charge in [-0.25, -0.2) is 0 Å². The van der Waals surface area contributed by atoms with Gasteiger partial charge >= 0.3 is 5.97 Å². The number of benzene rings is 1. The molecule has 3 nitrogen and oxygen atoms in total. The van der Waals surface area contributed by atoms with E-state index in [-0.39, 0.29) is 0 Å². The highest BCUT2D eigenvalue weighted by atomic mass is 79.9. The Hall–Kier alpha value is -1.03. The van der Waals surface area contributed by atoms with Crippen molar-refractivity contribution < 1.29 is 14.6 Å². The van der Waals surface area contributed by atoms with E-state index in [1.807, 2.05) is 18.2 Å². The molecule has 0 radical (unpaired) electrons. The van der Waals surface area contributed by atoms with E-state index < -0.39 is 11.4 Å². The van der Waals surface area contributed by atoms with Gasteiger partial charge in [-0.2, -0.15) is 0 Å². The molecule has 102 valence electrons. The fourth-order valence-electron chi connectivity index (χ4n) is 3.47. The van der Waals surface area contributed by atoms with Gasteiger partial charge < -0.3 is 9.84 Å². The third kappa shape index (κ3) is 2.27. The maximum Gasteiger partial charge on any atom is 0.309 e. The minimum atomic E-state index is -0.644. The van der Waals surface area contributed by atoms with Gasteiger partial charge in [-0.1, -0.05) is 15.9 Å². The zero-order chi connectivity index (χ0) is 13.6. The van der Waals surface area contributed by atoms with Crippen molar-refractivity contribution in [1.82, 2.24) is 0 Å². The third-order valence-electron chi connectivity index (χ3n) is 4.61. The lowest BCUT2D eigenvalue weighted by Gasteiger charge is -2.26. The Morgan fingerprint density at radius 3 is 2.74 bits per heavy atom. The Morgan fingerprint density at radius 2 is 2.16 bits per heavy atom. The molecular formula is C15H17BrO3. The second-order valence-corrected chi connectivity index (χ2v) is 6.74. The first-order valence-electron chi connectivity index (χ1n) is 6.60. The van der Waals surface area contributed by atoms with Crippen LogP contribution >= 0.6 is 15.9 Å². The van der Waals surface area contributed by atoms with Crippen LogP contribution in [-0.4, -0.2) is 18.2 Å². The lowest BCUT2D eigenvalue weighted by molar-refractivity contribution is -0.149. The molecule has 0 saturated heterocycles. The quantitative estimate of drug-likeness (QED) is 0.922. The van der Waals surface area contributed by atoms with Crippen molar-refractivity contribution in [3.8, 4) is 5.75 Å². The van der Waals surface area contributed by atoms with Crippen LogP contribution in [-0.2, 0) is 11.2 Å². The average molecular weight is 325 g/mol. The number of carbonyl (C=O) groups is 1. The summed E-state index contributed by atoms with van der Waals surface area (Å²) in [5.41, 5.74) is 0.464. The van der Waals surface area contributed by atoms with Crippen LogP contribution < -0.4 is 4.74 Å². The normalized spacial score (nSPS) is 31.9. The first-order chi connectivity index (χ1) is 9.04. The Kier molecular flexibility index (Phi) is 3.08. The average Bonchev–Trinajstić information content (AvgIpc) is 3.00. The van der Waals surface area contributed by atoms with Gasteiger partial charge in [-0.05, 0) is 61.3 Å². The lowest BCUT2D eigenvalue weighted by Crippen LogP contribution is -2.32. The number of fused-ring (bicyclic) bond motifs is 1. The molecule has 2 saturated carbocycles. The fourth-order valence-corrected chi connectivity index (χ4v) is 3.86. The van der Waals surface area contributed by atoms with Gasteiger partial charge in [0.2, 0.25) is 0 Å². The zero-order valence-corrected chi connectivity index (χ0v) is 12.4. The van der Waals surface area contributed by atoms with Gasteiger partial charge in [0.05, 0.1) is 12.5 Å². The van der Waals surface area contributed by atoms with Gasteiger partial charge in [0.1, 0.15) is 5.75 Å². The standard InChI is InChI=1S/C15H17BrO3/c1-19-12-2-3-13(16)11(5-12)8-15(14(17)18)6-9-4-10(9)7-15/h2-3,5,9-10H,4,6-8H2,1H3,(H,17,18). The Labute approximate surface area is 121 Å². The third-order valence-corrected chi connectivity index (χ3v) is 5.38. The molecule has 0 bridgehead atoms. The number of aliphatic carboxylic acids is 1. The van der Waals surface area contributed by atoms with Gasteiger partial charge in [-0.15, -0.1) is 0 Å². The van der Waals surface area contributed by atoms with E-state index in [4.69, 9.17) is 4.74 Å². The summed E-state index contributed by atoms with van der Waals surface area (Å²) >= 11 is 3.52. The number of carboxylic acid groups (broad SMARTS) is 1. The minimum absolute atomic E-state index is 0.567. The smallest absolute Gasteiger partial charge is 0.309 e. The van der Waals surface area contributed by atoms with Crippen LogP contribution in [0.5, 0.6) is 5.75 Å². The van der Waals surface area contributed by atoms with Crippen LogP contribution in [0.3, 0.4) is 0 Å². The van der Waals surface area contributed by atoms with E-state index in [9.17, 15) is 9.90 Å². The van der Waals surface area contributed by atoms with Crippen LogP contribution in [0.25, 0.3) is 0 Å². The van der Waals surface area contributed by atoms with E-state index in [2.05, 4.69) is 15.9 Å². The number of rotatable bonds is 4. The van der Waals surface area contributed by atoms with E-state index in [0.717, 1.165) is 28.6 Å². The summed E-state index contributed by atoms with van der Waals surface area (Å²) in [6.07, 6.45) is 3.48. The molecule has 1 aromatic carbocycles. The van der Waals surface area contributed by atoms with Gasteiger partial charge in [-0.3, -0.25) is 4.79 Å². The molecule has 2 aliphatic carbocycles. The lowest BCUT2D eigenvalue weighted by atomic mass is 9.77.